The molecule has 0 saturated carbocycles. The van der Waals surface area contributed by atoms with E-state index in [1.165, 1.54) is 24.8 Å². The fourth-order valence-electron chi connectivity index (χ4n) is 0.707. The number of nitriles is 5. The molecule has 0 rings (SSSR count). The van der Waals surface area contributed by atoms with Crippen LogP contribution in [0.25, 0.3) is 0 Å². The van der Waals surface area contributed by atoms with Gasteiger partial charge in [-0.3, -0.25) is 0 Å². The van der Waals surface area contributed by atoms with E-state index < -0.39 is 11.8 Å². The van der Waals surface area contributed by atoms with Crippen LogP contribution in [0.15, 0.2) is 0 Å². The minimum atomic E-state index is -4.78. The summed E-state index contributed by atoms with van der Waals surface area (Å²) in [5.74, 6) is 0. The first kappa shape index (κ1) is 19.2. The molecule has 0 aliphatic heterocycles. The zero-order valence-electron chi connectivity index (χ0n) is 10.9. The van der Waals surface area contributed by atoms with Crippen molar-refractivity contribution in [2.75, 3.05) is 26.2 Å². The molecule has 0 bridgehead atoms. The molecular formula is C11H16FeN7. The van der Waals surface area contributed by atoms with Crippen molar-refractivity contribution in [3.05, 3.63) is 0 Å². The Morgan fingerprint density at radius 2 is 0.947 bits per heavy atom. The number of nitrogens with zero attached hydrogens (tertiary/aromatic N) is 5. The van der Waals surface area contributed by atoms with E-state index in [0.717, 1.165) is 26.2 Å². The second-order valence-electron chi connectivity index (χ2n) is 2.99. The molecule has 0 aromatic rings. The molecule has 0 atom stereocenters. The normalized spacial score (nSPS) is 10.7. The standard InChI is InChI=1S/C6H16N2.5CN.Fe/c1-3-7-5-6-8-4-2;5*1-2;/h7-8H,3-6H2,1-2H3;;;;;;. The van der Waals surface area contributed by atoms with Crippen molar-refractivity contribution < 1.29 is 11.8 Å². The average Bonchev–Trinajstić information content (AvgIpc) is 2.49. The summed E-state index contributed by atoms with van der Waals surface area (Å²) in [6.45, 7) is 8.56. The first-order valence-electron chi connectivity index (χ1n) is 5.33. The van der Waals surface area contributed by atoms with Crippen LogP contribution in [0.4, 0.5) is 0 Å². The average molecular weight is 302 g/mol. The molecule has 0 spiro atoms. The van der Waals surface area contributed by atoms with Crippen LogP contribution >= 0.6 is 0 Å². The maximum atomic E-state index is 8.35. The third kappa shape index (κ3) is 5.85. The molecule has 0 aliphatic rings. The van der Waals surface area contributed by atoms with Crippen LogP contribution < -0.4 is 10.6 Å². The molecule has 2 N–H and O–H groups in total. The Labute approximate surface area is 114 Å². The van der Waals surface area contributed by atoms with Crippen molar-refractivity contribution in [3.63, 3.8) is 0 Å². The quantitative estimate of drug-likeness (QED) is 0.548. The molecule has 7 nitrogen and oxygen atoms in total. The maximum absolute atomic E-state index is 8.35. The third-order valence-electron chi connectivity index (χ3n) is 1.77. The Morgan fingerprint density at radius 1 is 0.684 bits per heavy atom. The summed E-state index contributed by atoms with van der Waals surface area (Å²) in [4.78, 5) is 6.12. The summed E-state index contributed by atoms with van der Waals surface area (Å²) < 4.78 is 0. The van der Waals surface area contributed by atoms with Crippen LogP contribution in [0.1, 0.15) is 13.8 Å². The van der Waals surface area contributed by atoms with Crippen LogP contribution in [-0.2, 0) is 11.8 Å². The van der Waals surface area contributed by atoms with Crippen LogP contribution in [-0.4, -0.2) is 26.2 Å². The summed E-state index contributed by atoms with van der Waals surface area (Å²) in [5.41, 5.74) is 0. The van der Waals surface area contributed by atoms with Crippen molar-refractivity contribution in [2.24, 2.45) is 0 Å². The monoisotopic (exact) mass is 302 g/mol. The molecule has 0 fully saturated rings. The molecular weight excluding hydrogens is 286 g/mol. The van der Waals surface area contributed by atoms with E-state index in [9.17, 15) is 0 Å². The number of hydrogen-bond donors (Lipinski definition) is 2. The van der Waals surface area contributed by atoms with Gasteiger partial charge in [-0.05, 0) is 13.1 Å². The zero-order valence-corrected chi connectivity index (χ0v) is 12.0. The van der Waals surface area contributed by atoms with Gasteiger partial charge < -0.3 is 10.6 Å². The van der Waals surface area contributed by atoms with Gasteiger partial charge in [0, 0.05) is 13.1 Å². The summed E-state index contributed by atoms with van der Waals surface area (Å²) in [7, 11) is 0. The van der Waals surface area contributed by atoms with E-state index in [2.05, 4.69) is 24.5 Å². The van der Waals surface area contributed by atoms with Crippen LogP contribution in [0.5, 0.6) is 0 Å². The van der Waals surface area contributed by atoms with Crippen molar-refractivity contribution in [2.45, 2.75) is 13.8 Å². The molecule has 0 heterocycles. The molecule has 0 aliphatic carbocycles. The predicted molar refractivity (Wildman–Crippen MR) is 65.2 cm³/mol. The third-order valence-corrected chi connectivity index (χ3v) is 4.24. The fourth-order valence-corrected chi connectivity index (χ4v) is 1.26. The number of nitrogens with one attached hydrogen (secondary N) is 2. The Hall–Kier alpha value is -2.11. The summed E-state index contributed by atoms with van der Waals surface area (Å²) >= 11 is -4.78. The Kier molecular flexibility index (Phi) is 9.99. The molecule has 103 valence electrons. The molecule has 0 aromatic heterocycles. The van der Waals surface area contributed by atoms with Gasteiger partial charge >= 0.3 is 62.9 Å². The van der Waals surface area contributed by atoms with Gasteiger partial charge in [-0.25, -0.2) is 0 Å². The summed E-state index contributed by atoms with van der Waals surface area (Å²) in [6.07, 6.45) is 0. The van der Waals surface area contributed by atoms with E-state index >= 15 is 0 Å². The summed E-state index contributed by atoms with van der Waals surface area (Å²) in [6, 6.07) is 0. The van der Waals surface area contributed by atoms with E-state index in [1.807, 2.05) is 0 Å². The molecule has 0 amide bonds. The van der Waals surface area contributed by atoms with Gasteiger partial charge in [-0.15, -0.1) is 0 Å². The first-order valence-corrected chi connectivity index (χ1v) is 8.09. The van der Waals surface area contributed by atoms with Gasteiger partial charge in [0.05, 0.1) is 0 Å². The van der Waals surface area contributed by atoms with E-state index in [1.54, 1.807) is 0 Å². The molecule has 0 aromatic carbocycles. The van der Waals surface area contributed by atoms with Crippen LogP contribution in [0.2, 0.25) is 0 Å². The Bertz CT molecular complexity index is 375. The Balaban J connectivity index is 0. The van der Waals surface area contributed by atoms with Crippen molar-refractivity contribution in [1.82, 2.24) is 10.6 Å². The van der Waals surface area contributed by atoms with Gasteiger partial charge in [0.1, 0.15) is 0 Å². The zero-order chi connectivity index (χ0) is 15.2. The predicted octanol–water partition coefficient (Wildman–Crippen LogP) is 0.287. The van der Waals surface area contributed by atoms with Gasteiger partial charge in [-0.2, -0.15) is 0 Å². The van der Waals surface area contributed by atoms with E-state index in [4.69, 9.17) is 26.3 Å². The van der Waals surface area contributed by atoms with Gasteiger partial charge in [0.15, 0.2) is 0 Å². The SMILES string of the molecule is CCNCCNCC.N#[C][Fe]([C]#N)([C]#N)([C]#N)[C]#N. The van der Waals surface area contributed by atoms with E-state index in [0.29, 0.717) is 0 Å². The number of rotatable bonds is 5. The van der Waals surface area contributed by atoms with Crippen LogP contribution in [0, 0.1) is 51.1 Å². The first-order chi connectivity index (χ1) is 9.03. The molecule has 8 heteroatoms. The Morgan fingerprint density at radius 3 is 1.05 bits per heavy atom. The molecule has 0 radical (unpaired) electrons. The fraction of sp³-hybridized carbons (Fsp3) is 0.545. The number of likely N-dealkylation sites (N-methyl/N-ethyl adjacent to an activating group) is 2. The molecule has 0 saturated heterocycles. The second-order valence-corrected chi connectivity index (χ2v) is 6.98. The van der Waals surface area contributed by atoms with Gasteiger partial charge in [-0.1, -0.05) is 13.8 Å². The topological polar surface area (TPSA) is 143 Å². The molecule has 19 heavy (non-hydrogen) atoms. The summed E-state index contributed by atoms with van der Waals surface area (Å²) in [5, 5.41) is 48.2. The van der Waals surface area contributed by atoms with E-state index in [-0.39, 0.29) is 0 Å². The molecule has 0 unspecified atom stereocenters. The van der Waals surface area contributed by atoms with Crippen molar-refractivity contribution in [1.29, 1.82) is 26.3 Å². The van der Waals surface area contributed by atoms with Crippen molar-refractivity contribution >= 4 is 0 Å². The second kappa shape index (κ2) is 9.87. The van der Waals surface area contributed by atoms with Crippen molar-refractivity contribution in [3.8, 4) is 24.8 Å². The minimum absolute atomic E-state index is 1.07. The van der Waals surface area contributed by atoms with Gasteiger partial charge in [0.2, 0.25) is 0 Å². The number of hydrogen-bond acceptors (Lipinski definition) is 7. The van der Waals surface area contributed by atoms with Crippen LogP contribution in [0.3, 0.4) is 0 Å². The van der Waals surface area contributed by atoms with Gasteiger partial charge in [0.25, 0.3) is 0 Å².